The van der Waals surface area contributed by atoms with Gasteiger partial charge in [-0.15, -0.1) is 0 Å². The predicted molar refractivity (Wildman–Crippen MR) is 82.1 cm³/mol. The third-order valence-electron chi connectivity index (χ3n) is 3.26. The molecule has 1 heterocycles. The van der Waals surface area contributed by atoms with Gasteiger partial charge in [-0.2, -0.15) is 0 Å². The highest BCUT2D eigenvalue weighted by molar-refractivity contribution is 8.06. The summed E-state index contributed by atoms with van der Waals surface area (Å²) in [5.74, 6) is 4.66. The van der Waals surface area contributed by atoms with E-state index in [1.807, 2.05) is 0 Å². The van der Waals surface area contributed by atoms with Crippen LogP contribution in [0.2, 0.25) is 0 Å². The summed E-state index contributed by atoms with van der Waals surface area (Å²) in [4.78, 5) is 16.7. The van der Waals surface area contributed by atoms with Gasteiger partial charge in [0.15, 0.2) is 0 Å². The lowest BCUT2D eigenvalue weighted by atomic mass is 10.0. The number of hydrogen-bond acceptors (Lipinski definition) is 5. The van der Waals surface area contributed by atoms with Crippen molar-refractivity contribution in [2.24, 2.45) is 27.1 Å². The Morgan fingerprint density at radius 2 is 1.95 bits per heavy atom. The van der Waals surface area contributed by atoms with E-state index in [1.54, 1.807) is 35.2 Å². The van der Waals surface area contributed by atoms with Crippen molar-refractivity contribution in [3.63, 3.8) is 0 Å². The molecule has 0 radical (unpaired) electrons. The fraction of sp³-hybridized carbons (Fsp3) is 0.385. The van der Waals surface area contributed by atoms with Crippen LogP contribution >= 0.6 is 0 Å². The monoisotopic (exact) mass is 323 g/mol. The zero-order chi connectivity index (χ0) is 16.2. The van der Waals surface area contributed by atoms with Crippen molar-refractivity contribution in [3.05, 3.63) is 30.3 Å². The van der Waals surface area contributed by atoms with Crippen LogP contribution < -0.4 is 5.84 Å². The van der Waals surface area contributed by atoms with Crippen molar-refractivity contribution in [2.45, 2.75) is 6.92 Å². The minimum absolute atomic E-state index is 0.0616. The highest BCUT2D eigenvalue weighted by atomic mass is 32.2. The highest BCUT2D eigenvalue weighted by Crippen LogP contribution is 2.20. The molecule has 0 bridgehead atoms. The van der Waals surface area contributed by atoms with Gasteiger partial charge < -0.3 is 10.7 Å². The average Bonchev–Trinajstić information content (AvgIpc) is 2.43. The van der Waals surface area contributed by atoms with Crippen LogP contribution in [0.5, 0.6) is 0 Å². The van der Waals surface area contributed by atoms with Crippen LogP contribution in [0.3, 0.4) is 0 Å². The molecule has 1 aromatic carbocycles. The standard InChI is InChI=1S/C13H17N5O3S/c1-10(19)18-7-11(8-18)9-22(20,21)13(16-17-14)15-12-5-3-2-4-6-12/h2-6,11H,7-9H2,1H3,(H2,14,15,16). The van der Waals surface area contributed by atoms with Gasteiger partial charge in [0.05, 0.1) is 11.4 Å². The molecule has 1 amide bonds. The third-order valence-corrected chi connectivity index (χ3v) is 4.90. The first-order valence-corrected chi connectivity index (χ1v) is 8.30. The molecule has 1 saturated heterocycles. The third kappa shape index (κ3) is 3.88. The van der Waals surface area contributed by atoms with Crippen molar-refractivity contribution in [2.75, 3.05) is 18.8 Å². The molecule has 2 N–H and O–H groups in total. The zero-order valence-electron chi connectivity index (χ0n) is 12.1. The van der Waals surface area contributed by atoms with E-state index < -0.39 is 15.0 Å². The number of carbonyl (C=O) groups excluding carboxylic acids is 1. The maximum atomic E-state index is 12.4. The van der Waals surface area contributed by atoms with Crippen LogP contribution in [0.25, 0.3) is 0 Å². The number of likely N-dealkylation sites (tertiary alicyclic amines) is 1. The molecule has 8 nitrogen and oxygen atoms in total. The molecule has 0 aliphatic carbocycles. The molecular weight excluding hydrogens is 306 g/mol. The molecule has 1 fully saturated rings. The molecular formula is C13H17N5O3S. The Morgan fingerprint density at radius 1 is 1.32 bits per heavy atom. The summed E-state index contributed by atoms with van der Waals surface area (Å²) in [6.07, 6.45) is 0. The van der Waals surface area contributed by atoms with Gasteiger partial charge >= 0.3 is 0 Å². The Bertz CT molecular complexity index is 694. The average molecular weight is 323 g/mol. The van der Waals surface area contributed by atoms with Crippen LogP contribution in [0.15, 0.2) is 45.7 Å². The second kappa shape index (κ2) is 6.65. The number of rotatable bonds is 3. The molecule has 118 valence electrons. The molecule has 1 aromatic rings. The maximum Gasteiger partial charge on any atom is 0.269 e. The van der Waals surface area contributed by atoms with Gasteiger partial charge in [0.25, 0.3) is 5.17 Å². The lowest BCUT2D eigenvalue weighted by Crippen LogP contribution is -2.51. The van der Waals surface area contributed by atoms with E-state index in [0.29, 0.717) is 18.8 Å². The summed E-state index contributed by atoms with van der Waals surface area (Å²) in [5, 5.41) is 6.07. The number of carbonyl (C=O) groups is 1. The Hall–Kier alpha value is -2.29. The summed E-state index contributed by atoms with van der Waals surface area (Å²) in [6.45, 7) is 2.30. The summed E-state index contributed by atoms with van der Waals surface area (Å²) in [7, 11) is -3.72. The smallest absolute Gasteiger partial charge is 0.269 e. The minimum atomic E-state index is -3.72. The molecule has 0 aromatic heterocycles. The number of amides is 1. The van der Waals surface area contributed by atoms with Crippen LogP contribution in [0, 0.1) is 5.92 Å². The quantitative estimate of drug-likeness (QED) is 0.292. The summed E-state index contributed by atoms with van der Waals surface area (Å²) >= 11 is 0. The zero-order valence-corrected chi connectivity index (χ0v) is 12.9. The van der Waals surface area contributed by atoms with Crippen LogP contribution in [-0.4, -0.2) is 43.2 Å². The predicted octanol–water partition coefficient (Wildman–Crippen LogP) is 0.893. The number of nitrogens with two attached hydrogens (primary N) is 1. The second-order valence-corrected chi connectivity index (χ2v) is 6.94. The summed E-state index contributed by atoms with van der Waals surface area (Å²) in [5.41, 5.74) is 0.451. The second-order valence-electron chi connectivity index (χ2n) is 5.02. The van der Waals surface area contributed by atoms with Gasteiger partial charge in [-0.1, -0.05) is 28.5 Å². The molecule has 0 saturated carbocycles. The summed E-state index contributed by atoms with van der Waals surface area (Å²) in [6, 6.07) is 8.58. The van der Waals surface area contributed by atoms with E-state index in [-0.39, 0.29) is 17.6 Å². The number of sulfone groups is 1. The molecule has 2 rings (SSSR count). The number of para-hydroxylation sites is 1. The lowest BCUT2D eigenvalue weighted by molar-refractivity contribution is -0.134. The first kappa shape index (κ1) is 16.1. The van der Waals surface area contributed by atoms with Gasteiger partial charge in [-0.3, -0.25) is 4.79 Å². The van der Waals surface area contributed by atoms with E-state index in [9.17, 15) is 13.2 Å². The minimum Gasteiger partial charge on any atom is -0.342 e. The topological polar surface area (TPSA) is 118 Å². The first-order chi connectivity index (χ1) is 10.4. The number of nitrogens with zero attached hydrogens (tertiary/aromatic N) is 4. The van der Waals surface area contributed by atoms with Gasteiger partial charge in [0, 0.05) is 25.9 Å². The van der Waals surface area contributed by atoms with E-state index in [0.717, 1.165) is 0 Å². The SMILES string of the molecule is CC(=O)N1CC(CS(=O)(=O)C(N=NN)=Nc2ccccc2)C1. The molecule has 0 atom stereocenters. The van der Waals surface area contributed by atoms with Gasteiger partial charge in [0.1, 0.15) is 0 Å². The van der Waals surface area contributed by atoms with E-state index in [4.69, 9.17) is 5.84 Å². The van der Waals surface area contributed by atoms with Crippen molar-refractivity contribution < 1.29 is 13.2 Å². The number of benzene rings is 1. The van der Waals surface area contributed by atoms with Crippen molar-refractivity contribution in [1.82, 2.24) is 4.90 Å². The lowest BCUT2D eigenvalue weighted by Gasteiger charge is -2.38. The van der Waals surface area contributed by atoms with E-state index in [1.165, 1.54) is 6.92 Å². The maximum absolute atomic E-state index is 12.4. The van der Waals surface area contributed by atoms with Gasteiger partial charge in [-0.25, -0.2) is 13.4 Å². The Kier molecular flexibility index (Phi) is 4.86. The van der Waals surface area contributed by atoms with Crippen molar-refractivity contribution >= 4 is 26.6 Å². The van der Waals surface area contributed by atoms with Crippen molar-refractivity contribution in [3.8, 4) is 0 Å². The number of amidine groups is 1. The number of hydrogen-bond donors (Lipinski definition) is 1. The molecule has 1 aliphatic rings. The van der Waals surface area contributed by atoms with Crippen LogP contribution in [-0.2, 0) is 14.6 Å². The molecule has 22 heavy (non-hydrogen) atoms. The van der Waals surface area contributed by atoms with Crippen LogP contribution in [0.1, 0.15) is 6.92 Å². The fourth-order valence-electron chi connectivity index (χ4n) is 2.13. The Morgan fingerprint density at radius 3 is 2.50 bits per heavy atom. The largest absolute Gasteiger partial charge is 0.342 e. The molecule has 9 heteroatoms. The highest BCUT2D eigenvalue weighted by Gasteiger charge is 2.34. The van der Waals surface area contributed by atoms with E-state index >= 15 is 0 Å². The molecule has 0 spiro atoms. The fourth-order valence-corrected chi connectivity index (χ4v) is 3.53. The van der Waals surface area contributed by atoms with E-state index in [2.05, 4.69) is 15.3 Å². The number of aliphatic imine (C=N–C) groups is 1. The van der Waals surface area contributed by atoms with Crippen molar-refractivity contribution in [1.29, 1.82) is 0 Å². The molecule has 1 aliphatic heterocycles. The first-order valence-electron chi connectivity index (χ1n) is 6.65. The van der Waals surface area contributed by atoms with Gasteiger partial charge in [0.2, 0.25) is 15.7 Å². The molecule has 0 unspecified atom stereocenters. The normalized spacial score (nSPS) is 16.8. The Balaban J connectivity index is 2.14. The summed E-state index contributed by atoms with van der Waals surface area (Å²) < 4.78 is 24.7. The van der Waals surface area contributed by atoms with Gasteiger partial charge in [-0.05, 0) is 12.1 Å². The van der Waals surface area contributed by atoms with Crippen LogP contribution in [0.4, 0.5) is 5.69 Å². The Labute approximate surface area is 128 Å².